The van der Waals surface area contributed by atoms with Gasteiger partial charge in [0.05, 0.1) is 6.10 Å². The van der Waals surface area contributed by atoms with E-state index in [2.05, 4.69) is 4.72 Å². The minimum atomic E-state index is -3.50. The first-order valence-electron chi connectivity index (χ1n) is 7.88. The van der Waals surface area contributed by atoms with E-state index in [0.29, 0.717) is 17.3 Å². The van der Waals surface area contributed by atoms with E-state index in [1.54, 1.807) is 11.0 Å². The van der Waals surface area contributed by atoms with Gasteiger partial charge in [-0.1, -0.05) is 6.92 Å². The average molecular weight is 361 g/mol. The summed E-state index contributed by atoms with van der Waals surface area (Å²) in [5.41, 5.74) is 0. The molecule has 6 nitrogen and oxygen atoms in total. The normalized spacial score (nSPS) is 18.3. The number of hydrogen-bond donors (Lipinski definition) is 1. The van der Waals surface area contributed by atoms with Gasteiger partial charge in [-0.15, -0.1) is 11.3 Å². The lowest BCUT2D eigenvalue weighted by atomic mass is 10.2. The summed E-state index contributed by atoms with van der Waals surface area (Å²) in [6.07, 6.45) is 2.85. The zero-order chi connectivity index (χ0) is 16.9. The molecule has 0 saturated carbocycles. The van der Waals surface area contributed by atoms with Crippen molar-refractivity contribution in [1.82, 2.24) is 9.62 Å². The quantitative estimate of drug-likeness (QED) is 0.764. The summed E-state index contributed by atoms with van der Waals surface area (Å²) in [6, 6.07) is 3.46. The van der Waals surface area contributed by atoms with E-state index >= 15 is 0 Å². The van der Waals surface area contributed by atoms with E-state index in [4.69, 9.17) is 4.74 Å². The Morgan fingerprint density at radius 2 is 2.26 bits per heavy atom. The third-order valence-corrected chi connectivity index (χ3v) is 7.00. The number of aryl methyl sites for hydroxylation is 1. The molecule has 130 valence electrons. The Morgan fingerprint density at radius 1 is 1.48 bits per heavy atom. The van der Waals surface area contributed by atoms with Crippen molar-refractivity contribution in [3.05, 3.63) is 17.0 Å². The number of nitrogens with one attached hydrogen (secondary N) is 1. The molecular formula is C15H24N2O4S2. The molecule has 1 N–H and O–H groups in total. The molecule has 1 aromatic heterocycles. The SMILES string of the molecule is CCc1ccc(S(=O)(=O)NCCN(CC2CCCO2)C(C)=O)s1. The van der Waals surface area contributed by atoms with E-state index in [-0.39, 0.29) is 18.6 Å². The zero-order valence-corrected chi connectivity index (χ0v) is 15.2. The molecule has 0 aromatic carbocycles. The highest BCUT2D eigenvalue weighted by Gasteiger charge is 2.22. The number of amides is 1. The first-order valence-corrected chi connectivity index (χ1v) is 10.2. The van der Waals surface area contributed by atoms with Crippen molar-refractivity contribution in [2.24, 2.45) is 0 Å². The summed E-state index contributed by atoms with van der Waals surface area (Å²) in [5.74, 6) is -0.0657. The third kappa shape index (κ3) is 5.27. The standard InChI is InChI=1S/C15H24N2O4S2/c1-3-14-6-7-15(22-14)23(19,20)16-8-9-17(12(2)18)11-13-5-4-10-21-13/h6-7,13,16H,3-5,8-11H2,1-2H3. The van der Waals surface area contributed by atoms with Gasteiger partial charge in [-0.25, -0.2) is 13.1 Å². The van der Waals surface area contributed by atoms with E-state index in [1.807, 2.05) is 13.0 Å². The number of thiophene rings is 1. The molecule has 0 bridgehead atoms. The lowest BCUT2D eigenvalue weighted by Gasteiger charge is -2.24. The van der Waals surface area contributed by atoms with Gasteiger partial charge < -0.3 is 9.64 Å². The second kappa shape index (κ2) is 8.23. The van der Waals surface area contributed by atoms with Gasteiger partial charge in [-0.05, 0) is 31.4 Å². The highest BCUT2D eigenvalue weighted by atomic mass is 32.2. The molecular weight excluding hydrogens is 336 g/mol. The topological polar surface area (TPSA) is 75.7 Å². The number of nitrogens with zero attached hydrogens (tertiary/aromatic N) is 1. The summed E-state index contributed by atoms with van der Waals surface area (Å²) >= 11 is 1.28. The molecule has 8 heteroatoms. The summed E-state index contributed by atoms with van der Waals surface area (Å²) in [6.45, 7) is 5.30. The maximum absolute atomic E-state index is 12.2. The maximum atomic E-state index is 12.2. The Hall–Kier alpha value is -0.960. The van der Waals surface area contributed by atoms with E-state index in [1.165, 1.54) is 18.3 Å². The molecule has 0 aliphatic carbocycles. The minimum absolute atomic E-state index is 0.0657. The van der Waals surface area contributed by atoms with Gasteiger partial charge >= 0.3 is 0 Å². The van der Waals surface area contributed by atoms with E-state index in [0.717, 1.165) is 30.7 Å². The van der Waals surface area contributed by atoms with Crippen LogP contribution in [0.4, 0.5) is 0 Å². The van der Waals surface area contributed by atoms with Gasteiger partial charge in [0.15, 0.2) is 0 Å². The van der Waals surface area contributed by atoms with Crippen LogP contribution in [0, 0.1) is 0 Å². The molecule has 2 rings (SSSR count). The molecule has 1 aromatic rings. The van der Waals surface area contributed by atoms with Crippen LogP contribution in [0.1, 0.15) is 31.6 Å². The van der Waals surface area contributed by atoms with Crippen LogP contribution in [-0.4, -0.2) is 51.6 Å². The molecule has 1 saturated heterocycles. The summed E-state index contributed by atoms with van der Waals surface area (Å²) in [5, 5.41) is 0. The van der Waals surface area contributed by atoms with Crippen LogP contribution in [0.2, 0.25) is 0 Å². The van der Waals surface area contributed by atoms with Crippen molar-refractivity contribution >= 4 is 27.3 Å². The fourth-order valence-electron chi connectivity index (χ4n) is 2.49. The van der Waals surface area contributed by atoms with Crippen LogP contribution in [-0.2, 0) is 26.0 Å². The molecule has 1 atom stereocenters. The Bertz CT molecular complexity index is 621. The maximum Gasteiger partial charge on any atom is 0.250 e. The molecule has 1 aliphatic heterocycles. The molecule has 0 radical (unpaired) electrons. The number of sulfonamides is 1. The summed E-state index contributed by atoms with van der Waals surface area (Å²) < 4.78 is 32.9. The molecule has 2 heterocycles. The van der Waals surface area contributed by atoms with Crippen molar-refractivity contribution in [2.75, 3.05) is 26.2 Å². The minimum Gasteiger partial charge on any atom is -0.376 e. The second-order valence-corrected chi connectivity index (χ2v) is 8.73. The van der Waals surface area contributed by atoms with Gasteiger partial charge in [-0.3, -0.25) is 4.79 Å². The monoisotopic (exact) mass is 360 g/mol. The Labute approximate surface area is 141 Å². The number of rotatable bonds is 8. The smallest absolute Gasteiger partial charge is 0.250 e. The van der Waals surface area contributed by atoms with Gasteiger partial charge in [0.2, 0.25) is 15.9 Å². The van der Waals surface area contributed by atoms with Gasteiger partial charge in [0.1, 0.15) is 4.21 Å². The average Bonchev–Trinajstić information content (AvgIpc) is 3.17. The summed E-state index contributed by atoms with van der Waals surface area (Å²) in [7, 11) is -3.50. The fourth-order valence-corrected chi connectivity index (χ4v) is 4.85. The Kier molecular flexibility index (Phi) is 6.58. The van der Waals surface area contributed by atoms with Gasteiger partial charge in [-0.2, -0.15) is 0 Å². The largest absolute Gasteiger partial charge is 0.376 e. The Morgan fingerprint density at radius 3 is 2.83 bits per heavy atom. The highest BCUT2D eigenvalue weighted by Crippen LogP contribution is 2.21. The first-order chi connectivity index (χ1) is 10.9. The van der Waals surface area contributed by atoms with Crippen LogP contribution < -0.4 is 4.72 Å². The number of carbonyl (C=O) groups excluding carboxylic acids is 1. The number of carbonyl (C=O) groups is 1. The van der Waals surface area contributed by atoms with Gasteiger partial charge in [0, 0.05) is 38.0 Å². The zero-order valence-electron chi connectivity index (χ0n) is 13.6. The van der Waals surface area contributed by atoms with Crippen molar-refractivity contribution in [3.63, 3.8) is 0 Å². The number of ether oxygens (including phenoxy) is 1. The Balaban J connectivity index is 1.86. The van der Waals surface area contributed by atoms with Crippen LogP contribution >= 0.6 is 11.3 Å². The molecule has 0 spiro atoms. The molecule has 1 aliphatic rings. The second-order valence-electron chi connectivity index (χ2n) is 5.57. The van der Waals surface area contributed by atoms with E-state index in [9.17, 15) is 13.2 Å². The molecule has 1 unspecified atom stereocenters. The predicted octanol–water partition coefficient (Wildman–Crippen LogP) is 1.62. The fraction of sp³-hybridized carbons (Fsp3) is 0.667. The molecule has 1 fully saturated rings. The van der Waals surface area contributed by atoms with E-state index < -0.39 is 10.0 Å². The highest BCUT2D eigenvalue weighted by molar-refractivity contribution is 7.91. The van der Waals surface area contributed by atoms with Crippen molar-refractivity contribution < 1.29 is 17.9 Å². The summed E-state index contributed by atoms with van der Waals surface area (Å²) in [4.78, 5) is 14.4. The van der Waals surface area contributed by atoms with Crippen LogP contribution in [0.5, 0.6) is 0 Å². The van der Waals surface area contributed by atoms with Crippen molar-refractivity contribution in [1.29, 1.82) is 0 Å². The lowest BCUT2D eigenvalue weighted by molar-refractivity contribution is -0.130. The third-order valence-electron chi connectivity index (χ3n) is 3.82. The van der Waals surface area contributed by atoms with Crippen LogP contribution in [0.15, 0.2) is 16.3 Å². The predicted molar refractivity (Wildman–Crippen MR) is 90.1 cm³/mol. The lowest BCUT2D eigenvalue weighted by Crippen LogP contribution is -2.41. The van der Waals surface area contributed by atoms with Crippen molar-refractivity contribution in [2.45, 2.75) is 43.4 Å². The molecule has 1 amide bonds. The van der Waals surface area contributed by atoms with Crippen LogP contribution in [0.3, 0.4) is 0 Å². The van der Waals surface area contributed by atoms with Crippen LogP contribution in [0.25, 0.3) is 0 Å². The number of hydrogen-bond acceptors (Lipinski definition) is 5. The van der Waals surface area contributed by atoms with Gasteiger partial charge in [0.25, 0.3) is 0 Å². The first kappa shape index (κ1) is 18.4. The molecule has 23 heavy (non-hydrogen) atoms. The van der Waals surface area contributed by atoms with Crippen molar-refractivity contribution in [3.8, 4) is 0 Å².